The standard InChI is InChI=1S/C7H20NO2P/c1-6(2)8(7(3)4)11(5,9)10/h6-7,9-11H,1-5H3. The predicted octanol–water partition coefficient (Wildman–Crippen LogP) is 1.21. The van der Waals surface area contributed by atoms with E-state index in [4.69, 9.17) is 0 Å². The molecule has 0 radical (unpaired) electrons. The molecule has 4 heteroatoms. The first kappa shape index (κ1) is 11.3. The van der Waals surface area contributed by atoms with Gasteiger partial charge in [0.05, 0.1) is 0 Å². The average Bonchev–Trinajstić information content (AvgIpc) is 1.54. The number of hydrogen-bond acceptors (Lipinski definition) is 3. The molecule has 0 heterocycles. The van der Waals surface area contributed by atoms with Crippen molar-refractivity contribution in [3.05, 3.63) is 0 Å². The van der Waals surface area contributed by atoms with Crippen LogP contribution in [0.5, 0.6) is 0 Å². The van der Waals surface area contributed by atoms with Crippen molar-refractivity contribution in [1.29, 1.82) is 0 Å². The molecule has 0 saturated heterocycles. The van der Waals surface area contributed by atoms with Crippen LogP contribution in [-0.4, -0.2) is 33.2 Å². The molecule has 0 aliphatic carbocycles. The van der Waals surface area contributed by atoms with Crippen LogP contribution in [0.3, 0.4) is 0 Å². The fourth-order valence-electron chi connectivity index (χ4n) is 1.57. The summed E-state index contributed by atoms with van der Waals surface area (Å²) >= 11 is 0. The second-order valence-corrected chi connectivity index (χ2v) is 6.02. The molecule has 0 aromatic rings. The van der Waals surface area contributed by atoms with Crippen LogP contribution in [0, 0.1) is 0 Å². The number of hydrogen-bond donors (Lipinski definition) is 2. The molecule has 0 atom stereocenters. The monoisotopic (exact) mass is 181 g/mol. The SMILES string of the molecule is CC(C)N(C(C)C)[PH](C)(O)O. The molecule has 0 fully saturated rings. The van der Waals surface area contributed by atoms with Crippen molar-refractivity contribution < 1.29 is 9.79 Å². The van der Waals surface area contributed by atoms with E-state index in [2.05, 4.69) is 0 Å². The van der Waals surface area contributed by atoms with Gasteiger partial charge in [-0.1, -0.05) is 0 Å². The van der Waals surface area contributed by atoms with E-state index in [1.807, 2.05) is 27.7 Å². The summed E-state index contributed by atoms with van der Waals surface area (Å²) in [5.41, 5.74) is 0. The van der Waals surface area contributed by atoms with Gasteiger partial charge in [0.1, 0.15) is 0 Å². The Kier molecular flexibility index (Phi) is 3.92. The van der Waals surface area contributed by atoms with Gasteiger partial charge in [-0.3, -0.25) is 0 Å². The van der Waals surface area contributed by atoms with Crippen molar-refractivity contribution in [1.82, 2.24) is 4.67 Å². The summed E-state index contributed by atoms with van der Waals surface area (Å²) in [6.07, 6.45) is 0. The van der Waals surface area contributed by atoms with E-state index in [1.54, 1.807) is 4.67 Å². The fraction of sp³-hybridized carbons (Fsp3) is 1.00. The zero-order valence-electron chi connectivity index (χ0n) is 8.00. The average molecular weight is 181 g/mol. The molecule has 0 amide bonds. The molecule has 0 rings (SSSR count). The van der Waals surface area contributed by atoms with Crippen molar-refractivity contribution in [3.8, 4) is 0 Å². The topological polar surface area (TPSA) is 43.7 Å². The summed E-state index contributed by atoms with van der Waals surface area (Å²) in [7, 11) is -3.08. The Morgan fingerprint density at radius 1 is 1.00 bits per heavy atom. The van der Waals surface area contributed by atoms with Gasteiger partial charge in [0, 0.05) is 0 Å². The van der Waals surface area contributed by atoms with E-state index in [1.165, 1.54) is 6.66 Å². The first-order valence-electron chi connectivity index (χ1n) is 4.00. The van der Waals surface area contributed by atoms with Crippen molar-refractivity contribution in [2.24, 2.45) is 0 Å². The number of nitrogens with zero attached hydrogens (tertiary/aromatic N) is 1. The molecular weight excluding hydrogens is 161 g/mol. The second kappa shape index (κ2) is 3.81. The molecule has 0 spiro atoms. The second-order valence-electron chi connectivity index (χ2n) is 3.57. The van der Waals surface area contributed by atoms with E-state index in [9.17, 15) is 9.79 Å². The summed E-state index contributed by atoms with van der Waals surface area (Å²) in [4.78, 5) is 18.9. The summed E-state index contributed by atoms with van der Waals surface area (Å²) in [6, 6.07) is 0.392. The van der Waals surface area contributed by atoms with E-state index >= 15 is 0 Å². The van der Waals surface area contributed by atoms with Gasteiger partial charge in [-0.25, -0.2) is 0 Å². The van der Waals surface area contributed by atoms with Gasteiger partial charge < -0.3 is 0 Å². The van der Waals surface area contributed by atoms with Crippen LogP contribution in [0.2, 0.25) is 0 Å². The van der Waals surface area contributed by atoms with Crippen LogP contribution in [0.15, 0.2) is 0 Å². The Bertz CT molecular complexity index is 112. The van der Waals surface area contributed by atoms with E-state index in [-0.39, 0.29) is 12.1 Å². The minimum absolute atomic E-state index is 0.196. The Morgan fingerprint density at radius 2 is 1.27 bits per heavy atom. The van der Waals surface area contributed by atoms with E-state index in [0.29, 0.717) is 0 Å². The molecule has 2 N–H and O–H groups in total. The molecular formula is C7H20NO2P. The molecule has 0 saturated carbocycles. The van der Waals surface area contributed by atoms with E-state index in [0.717, 1.165) is 0 Å². The van der Waals surface area contributed by atoms with Gasteiger partial charge in [-0.15, -0.1) is 0 Å². The fourth-order valence-corrected chi connectivity index (χ4v) is 3.53. The molecule has 0 aromatic heterocycles. The van der Waals surface area contributed by atoms with Crippen LogP contribution in [0.4, 0.5) is 0 Å². The van der Waals surface area contributed by atoms with Gasteiger partial charge in [0.2, 0.25) is 0 Å². The Morgan fingerprint density at radius 3 is 1.27 bits per heavy atom. The molecule has 0 aliphatic heterocycles. The van der Waals surface area contributed by atoms with Crippen molar-refractivity contribution >= 4 is 7.87 Å². The quantitative estimate of drug-likeness (QED) is 0.643. The molecule has 0 aliphatic rings. The maximum absolute atomic E-state index is 9.44. The number of rotatable bonds is 3. The summed E-state index contributed by atoms with van der Waals surface area (Å²) in [6.45, 7) is 9.40. The molecule has 11 heavy (non-hydrogen) atoms. The maximum atomic E-state index is 9.44. The van der Waals surface area contributed by atoms with Gasteiger partial charge in [-0.2, -0.15) is 0 Å². The van der Waals surface area contributed by atoms with Gasteiger partial charge in [-0.05, 0) is 0 Å². The molecule has 0 unspecified atom stereocenters. The zero-order chi connectivity index (χ0) is 9.23. The third kappa shape index (κ3) is 3.48. The first-order valence-corrected chi connectivity index (χ1v) is 6.34. The van der Waals surface area contributed by atoms with Gasteiger partial charge in [0.15, 0.2) is 0 Å². The Labute approximate surface area is 69.6 Å². The third-order valence-corrected chi connectivity index (χ3v) is 3.61. The summed E-state index contributed by atoms with van der Waals surface area (Å²) in [5, 5.41) is 0. The molecule has 0 aromatic carbocycles. The Balaban J connectivity index is 4.35. The zero-order valence-corrected chi connectivity index (χ0v) is 9.00. The molecule has 0 bridgehead atoms. The predicted molar refractivity (Wildman–Crippen MR) is 50.8 cm³/mol. The van der Waals surface area contributed by atoms with E-state index < -0.39 is 7.87 Å². The Hall–Kier alpha value is 0.310. The van der Waals surface area contributed by atoms with Crippen LogP contribution in [0.25, 0.3) is 0 Å². The molecule has 3 nitrogen and oxygen atoms in total. The van der Waals surface area contributed by atoms with Crippen LogP contribution in [0.1, 0.15) is 27.7 Å². The van der Waals surface area contributed by atoms with Crippen molar-refractivity contribution in [2.75, 3.05) is 6.66 Å². The molecule has 70 valence electrons. The normalized spacial score (nSPS) is 15.1. The van der Waals surface area contributed by atoms with Crippen LogP contribution < -0.4 is 0 Å². The van der Waals surface area contributed by atoms with Crippen LogP contribution >= 0.6 is 7.87 Å². The van der Waals surface area contributed by atoms with Crippen molar-refractivity contribution in [3.63, 3.8) is 0 Å². The minimum atomic E-state index is -3.08. The van der Waals surface area contributed by atoms with Crippen molar-refractivity contribution in [2.45, 2.75) is 39.8 Å². The third-order valence-electron chi connectivity index (χ3n) is 1.60. The van der Waals surface area contributed by atoms with Gasteiger partial charge >= 0.3 is 68.8 Å². The van der Waals surface area contributed by atoms with Gasteiger partial charge in [0.25, 0.3) is 0 Å². The van der Waals surface area contributed by atoms with Crippen LogP contribution in [-0.2, 0) is 0 Å². The summed E-state index contributed by atoms with van der Waals surface area (Å²) < 4.78 is 1.77. The summed E-state index contributed by atoms with van der Waals surface area (Å²) in [5.74, 6) is 0. The first-order chi connectivity index (χ1) is 4.76.